The van der Waals surface area contributed by atoms with Crippen LogP contribution in [0, 0.1) is 24.0 Å². The fraction of sp³-hybridized carbons (Fsp3) is 0.350. The minimum Gasteiger partial charge on any atom is -0.357 e. The van der Waals surface area contributed by atoms with Gasteiger partial charge < -0.3 is 16.0 Å². The summed E-state index contributed by atoms with van der Waals surface area (Å²) in [5, 5.41) is 8.19. The summed E-state index contributed by atoms with van der Waals surface area (Å²) in [5.74, 6) is -3.52. The molecule has 6 nitrogen and oxygen atoms in total. The molecule has 9 heteroatoms. The van der Waals surface area contributed by atoms with Crippen molar-refractivity contribution in [2.75, 3.05) is 12.4 Å². The molecule has 1 unspecified atom stereocenters. The number of likely N-dealkylation sites (N-methyl/N-ethyl adjacent to an activating group) is 1. The Kier molecular flexibility index (Phi) is 6.73. The van der Waals surface area contributed by atoms with Crippen molar-refractivity contribution in [1.82, 2.24) is 10.6 Å². The lowest BCUT2D eigenvalue weighted by Gasteiger charge is -2.18. The van der Waals surface area contributed by atoms with E-state index in [1.165, 1.54) is 13.1 Å². The molecule has 3 N–H and O–H groups in total. The highest BCUT2D eigenvalue weighted by atomic mass is 32.1. The molecule has 1 heterocycles. The fourth-order valence-corrected chi connectivity index (χ4v) is 3.37. The van der Waals surface area contributed by atoms with Crippen molar-refractivity contribution in [3.63, 3.8) is 0 Å². The molecule has 0 fully saturated rings. The van der Waals surface area contributed by atoms with Crippen LogP contribution in [0.15, 0.2) is 24.3 Å². The zero-order valence-electron chi connectivity index (χ0n) is 16.8. The van der Waals surface area contributed by atoms with E-state index in [2.05, 4.69) is 16.0 Å². The van der Waals surface area contributed by atoms with Gasteiger partial charge in [0.05, 0.1) is 9.88 Å². The van der Waals surface area contributed by atoms with Gasteiger partial charge in [-0.2, -0.15) is 0 Å². The highest BCUT2D eigenvalue weighted by molar-refractivity contribution is 7.18. The highest BCUT2D eigenvalue weighted by Gasteiger charge is 2.26. The molecule has 0 saturated heterocycles. The van der Waals surface area contributed by atoms with E-state index < -0.39 is 34.9 Å². The number of amides is 3. The van der Waals surface area contributed by atoms with Crippen LogP contribution in [0.2, 0.25) is 0 Å². The van der Waals surface area contributed by atoms with Crippen molar-refractivity contribution in [3.8, 4) is 0 Å². The summed E-state index contributed by atoms with van der Waals surface area (Å²) in [7, 11) is 1.37. The standard InChI is InChI=1S/C20H23F2N3O3S/c1-10-8-14(24-19(28)20(2,3)4)29-16(10)18(27)25-15(17(26)23-5)11-6-7-12(21)13(22)9-11/h6-9,15H,1-5H3,(H,23,26)(H,24,28)(H,25,27). The monoisotopic (exact) mass is 423 g/mol. The zero-order valence-corrected chi connectivity index (χ0v) is 17.6. The van der Waals surface area contributed by atoms with Gasteiger partial charge in [0.1, 0.15) is 6.04 Å². The van der Waals surface area contributed by atoms with Crippen LogP contribution in [0.1, 0.15) is 47.6 Å². The number of nitrogens with one attached hydrogen (secondary N) is 3. The molecule has 2 aromatic rings. The van der Waals surface area contributed by atoms with Gasteiger partial charge in [0.25, 0.3) is 5.91 Å². The smallest absolute Gasteiger partial charge is 0.262 e. The third kappa shape index (κ3) is 5.38. The first kappa shape index (κ1) is 22.5. The van der Waals surface area contributed by atoms with Gasteiger partial charge in [0.15, 0.2) is 11.6 Å². The van der Waals surface area contributed by atoms with Crippen LogP contribution < -0.4 is 16.0 Å². The Balaban J connectivity index is 2.27. The average molecular weight is 423 g/mol. The van der Waals surface area contributed by atoms with Crippen LogP contribution in [0.4, 0.5) is 13.8 Å². The molecule has 1 aromatic carbocycles. The molecule has 156 valence electrons. The van der Waals surface area contributed by atoms with E-state index in [0.717, 1.165) is 23.5 Å². The number of hydrogen-bond donors (Lipinski definition) is 3. The SMILES string of the molecule is CNC(=O)C(NC(=O)c1sc(NC(=O)C(C)(C)C)cc1C)c1ccc(F)c(F)c1. The number of hydrogen-bond acceptors (Lipinski definition) is 4. The van der Waals surface area contributed by atoms with Crippen LogP contribution in [-0.2, 0) is 9.59 Å². The van der Waals surface area contributed by atoms with Gasteiger partial charge in [-0.25, -0.2) is 8.78 Å². The van der Waals surface area contributed by atoms with E-state index in [1.54, 1.807) is 33.8 Å². The lowest BCUT2D eigenvalue weighted by atomic mass is 9.96. The predicted molar refractivity (Wildman–Crippen MR) is 108 cm³/mol. The van der Waals surface area contributed by atoms with Gasteiger partial charge in [0, 0.05) is 12.5 Å². The van der Waals surface area contributed by atoms with Crippen molar-refractivity contribution in [2.24, 2.45) is 5.41 Å². The first-order chi connectivity index (χ1) is 13.4. The number of halogens is 2. The van der Waals surface area contributed by atoms with E-state index >= 15 is 0 Å². The maximum Gasteiger partial charge on any atom is 0.262 e. The Morgan fingerprint density at radius 3 is 2.28 bits per heavy atom. The summed E-state index contributed by atoms with van der Waals surface area (Å²) < 4.78 is 26.8. The molecule has 1 atom stereocenters. The van der Waals surface area contributed by atoms with Gasteiger partial charge in [-0.3, -0.25) is 14.4 Å². The maximum absolute atomic E-state index is 13.6. The molecule has 0 bridgehead atoms. The van der Waals surface area contributed by atoms with Gasteiger partial charge in [0.2, 0.25) is 11.8 Å². The Labute approximate surface area is 171 Å². The second-order valence-corrected chi connectivity index (χ2v) is 8.57. The normalized spacial score (nSPS) is 12.2. The molecule has 29 heavy (non-hydrogen) atoms. The van der Waals surface area contributed by atoms with E-state index in [0.29, 0.717) is 15.4 Å². The first-order valence-corrected chi connectivity index (χ1v) is 9.65. The number of anilines is 1. The molecule has 0 spiro atoms. The summed E-state index contributed by atoms with van der Waals surface area (Å²) in [6.07, 6.45) is 0. The van der Waals surface area contributed by atoms with Crippen molar-refractivity contribution >= 4 is 34.1 Å². The summed E-state index contributed by atoms with van der Waals surface area (Å²) in [6.45, 7) is 7.01. The Morgan fingerprint density at radius 2 is 1.72 bits per heavy atom. The Bertz CT molecular complexity index is 951. The highest BCUT2D eigenvalue weighted by Crippen LogP contribution is 2.29. The van der Waals surface area contributed by atoms with Gasteiger partial charge in [-0.15, -0.1) is 11.3 Å². The maximum atomic E-state index is 13.6. The summed E-state index contributed by atoms with van der Waals surface area (Å²) in [4.78, 5) is 37.4. The number of rotatable bonds is 5. The number of aryl methyl sites for hydroxylation is 1. The second kappa shape index (κ2) is 8.69. The Morgan fingerprint density at radius 1 is 1.07 bits per heavy atom. The van der Waals surface area contributed by atoms with E-state index in [1.807, 2.05) is 0 Å². The molecule has 3 amide bonds. The van der Waals surface area contributed by atoms with Crippen LogP contribution in [0.5, 0.6) is 0 Å². The van der Waals surface area contributed by atoms with Gasteiger partial charge >= 0.3 is 0 Å². The van der Waals surface area contributed by atoms with Gasteiger partial charge in [-0.05, 0) is 36.2 Å². The van der Waals surface area contributed by atoms with Crippen LogP contribution in [-0.4, -0.2) is 24.8 Å². The zero-order chi connectivity index (χ0) is 21.9. The molecule has 0 aliphatic carbocycles. The van der Waals surface area contributed by atoms with Crippen molar-refractivity contribution in [3.05, 3.63) is 51.9 Å². The van der Waals surface area contributed by atoms with E-state index in [4.69, 9.17) is 0 Å². The van der Waals surface area contributed by atoms with E-state index in [9.17, 15) is 23.2 Å². The minimum absolute atomic E-state index is 0.104. The van der Waals surface area contributed by atoms with Crippen molar-refractivity contribution in [1.29, 1.82) is 0 Å². The number of benzene rings is 1. The number of carbonyl (C=O) groups is 3. The fourth-order valence-electron chi connectivity index (χ4n) is 2.40. The molecule has 0 radical (unpaired) electrons. The third-order valence-corrected chi connectivity index (χ3v) is 5.25. The predicted octanol–water partition coefficient (Wildman–Crippen LogP) is 3.54. The first-order valence-electron chi connectivity index (χ1n) is 8.83. The van der Waals surface area contributed by atoms with Gasteiger partial charge in [-0.1, -0.05) is 26.8 Å². The summed E-state index contributed by atoms with van der Waals surface area (Å²) in [5.41, 5.74) is 0.113. The molecule has 2 rings (SSSR count). The number of thiophene rings is 1. The van der Waals surface area contributed by atoms with Crippen LogP contribution in [0.25, 0.3) is 0 Å². The lowest BCUT2D eigenvalue weighted by Crippen LogP contribution is -2.39. The van der Waals surface area contributed by atoms with Crippen LogP contribution in [0.3, 0.4) is 0 Å². The molecule has 0 aliphatic heterocycles. The van der Waals surface area contributed by atoms with Crippen LogP contribution >= 0.6 is 11.3 Å². The molecule has 0 saturated carbocycles. The topological polar surface area (TPSA) is 87.3 Å². The lowest BCUT2D eigenvalue weighted by molar-refractivity contribution is -0.123. The minimum atomic E-state index is -1.21. The second-order valence-electron chi connectivity index (χ2n) is 7.52. The summed E-state index contributed by atoms with van der Waals surface area (Å²) >= 11 is 1.06. The van der Waals surface area contributed by atoms with E-state index in [-0.39, 0.29) is 11.5 Å². The third-order valence-electron chi connectivity index (χ3n) is 4.10. The molecular formula is C20H23F2N3O3S. The number of carbonyl (C=O) groups excluding carboxylic acids is 3. The quantitative estimate of drug-likeness (QED) is 0.688. The molecule has 1 aromatic heterocycles. The molecule has 0 aliphatic rings. The average Bonchev–Trinajstić information content (AvgIpc) is 3.00. The largest absolute Gasteiger partial charge is 0.357 e. The molecular weight excluding hydrogens is 400 g/mol. The Hall–Kier alpha value is -2.81. The van der Waals surface area contributed by atoms with Crippen molar-refractivity contribution < 1.29 is 23.2 Å². The summed E-state index contributed by atoms with van der Waals surface area (Å²) in [6, 6.07) is 3.44. The van der Waals surface area contributed by atoms with Crippen molar-refractivity contribution in [2.45, 2.75) is 33.7 Å².